The number of pyridine rings is 1. The number of likely N-dealkylation sites (tertiary alicyclic amines) is 1. The van der Waals surface area contributed by atoms with E-state index in [-0.39, 0.29) is 36.8 Å². The van der Waals surface area contributed by atoms with Gasteiger partial charge in [-0.1, -0.05) is 37.5 Å². The quantitative estimate of drug-likeness (QED) is 0.189. The summed E-state index contributed by atoms with van der Waals surface area (Å²) >= 11 is 0. The summed E-state index contributed by atoms with van der Waals surface area (Å²) in [6, 6.07) is 7.63. The van der Waals surface area contributed by atoms with Gasteiger partial charge in [-0.15, -0.1) is 0 Å². The van der Waals surface area contributed by atoms with Crippen molar-refractivity contribution in [3.05, 3.63) is 58.8 Å². The first kappa shape index (κ1) is 30.7. The van der Waals surface area contributed by atoms with Gasteiger partial charge in [0.05, 0.1) is 24.1 Å². The fourth-order valence-corrected chi connectivity index (χ4v) is 6.79. The Hall–Kier alpha value is -4.28. The van der Waals surface area contributed by atoms with E-state index in [0.717, 1.165) is 25.0 Å². The first-order valence-corrected chi connectivity index (χ1v) is 18.7. The third kappa shape index (κ3) is 5.92. The van der Waals surface area contributed by atoms with Crippen molar-refractivity contribution in [2.24, 2.45) is 5.92 Å². The minimum Gasteiger partial charge on any atom is -0.465 e. The van der Waals surface area contributed by atoms with E-state index < -0.39 is 43.1 Å². The summed E-state index contributed by atoms with van der Waals surface area (Å²) in [6.07, 6.45) is 0.965. The van der Waals surface area contributed by atoms with Crippen LogP contribution in [0.2, 0.25) is 25.7 Å². The van der Waals surface area contributed by atoms with Crippen LogP contribution in [0.4, 0.5) is 19.4 Å². The Bertz CT molecular complexity index is 1770. The molecule has 3 aromatic rings. The van der Waals surface area contributed by atoms with Gasteiger partial charge in [-0.3, -0.25) is 14.9 Å². The Morgan fingerprint density at radius 2 is 1.98 bits per heavy atom. The average Bonchev–Trinajstić information content (AvgIpc) is 3.60. The van der Waals surface area contributed by atoms with E-state index in [1.807, 2.05) is 5.32 Å². The average molecular weight is 636 g/mol. The molecule has 45 heavy (non-hydrogen) atoms. The minimum absolute atomic E-state index is 0.0174. The second-order valence-corrected chi connectivity index (χ2v) is 18.7. The summed E-state index contributed by atoms with van der Waals surface area (Å²) in [4.78, 5) is 46.7. The van der Waals surface area contributed by atoms with Gasteiger partial charge in [-0.05, 0) is 37.1 Å². The number of hydrogen-bond acceptors (Lipinski definition) is 5. The van der Waals surface area contributed by atoms with Gasteiger partial charge in [0.25, 0.3) is 11.8 Å². The molecular weight excluding hydrogens is 600 g/mol. The number of ether oxygens (including phenoxy) is 1. The molecule has 3 aliphatic rings. The molecule has 236 valence electrons. The molecule has 1 aromatic carbocycles. The second-order valence-electron chi connectivity index (χ2n) is 13.1. The number of anilines is 1. The lowest BCUT2D eigenvalue weighted by atomic mass is 9.87. The van der Waals surface area contributed by atoms with Crippen LogP contribution in [-0.2, 0) is 28.3 Å². The number of carbonyl (C=O) groups excluding carboxylic acids is 2. The second kappa shape index (κ2) is 11.6. The lowest BCUT2D eigenvalue weighted by Gasteiger charge is -2.34. The summed E-state index contributed by atoms with van der Waals surface area (Å²) in [5.41, 5.74) is 0.324. The Labute approximate surface area is 260 Å². The number of benzene rings is 1. The molecule has 0 radical (unpaired) electrons. The third-order valence-corrected chi connectivity index (χ3v) is 10.3. The molecule has 0 bridgehead atoms. The molecule has 3 amide bonds. The highest BCUT2D eigenvalue weighted by Crippen LogP contribution is 2.47. The van der Waals surface area contributed by atoms with E-state index in [2.05, 4.69) is 36.5 Å². The predicted octanol–water partition coefficient (Wildman–Crippen LogP) is 5.21. The molecule has 10 nitrogen and oxygen atoms in total. The van der Waals surface area contributed by atoms with Crippen molar-refractivity contribution in [2.45, 2.75) is 63.8 Å². The lowest BCUT2D eigenvalue weighted by molar-refractivity contribution is -0.136. The van der Waals surface area contributed by atoms with Gasteiger partial charge >= 0.3 is 6.09 Å². The molecule has 13 heteroatoms. The Morgan fingerprint density at radius 1 is 1.20 bits per heavy atom. The first-order chi connectivity index (χ1) is 21.4. The van der Waals surface area contributed by atoms with Crippen molar-refractivity contribution in [1.29, 1.82) is 0 Å². The molecular formula is C32H35F2N5O5Si. The number of nitrogens with zero attached hydrogens (tertiary/aromatic N) is 4. The predicted molar refractivity (Wildman–Crippen MR) is 165 cm³/mol. The third-order valence-electron chi connectivity index (χ3n) is 8.59. The first-order valence-electron chi connectivity index (χ1n) is 15.0. The Morgan fingerprint density at radius 3 is 2.69 bits per heavy atom. The van der Waals surface area contributed by atoms with Crippen molar-refractivity contribution in [3.63, 3.8) is 0 Å². The number of carboxylic acid groups (broad SMARTS) is 1. The van der Waals surface area contributed by atoms with Gasteiger partial charge in [-0.25, -0.2) is 18.6 Å². The van der Waals surface area contributed by atoms with Gasteiger partial charge in [0.15, 0.2) is 17.2 Å². The number of rotatable bonds is 9. The van der Waals surface area contributed by atoms with E-state index in [4.69, 9.17) is 9.84 Å². The topological polar surface area (TPSA) is 117 Å². The van der Waals surface area contributed by atoms with Crippen LogP contribution in [-0.4, -0.2) is 70.1 Å². The molecule has 1 atom stereocenters. The molecule has 1 aliphatic carbocycles. The Balaban J connectivity index is 1.39. The molecule has 2 N–H and O–H groups in total. The molecule has 1 saturated carbocycles. The van der Waals surface area contributed by atoms with Gasteiger partial charge in [0.1, 0.15) is 12.5 Å². The van der Waals surface area contributed by atoms with Crippen LogP contribution in [0.3, 0.4) is 0 Å². The number of amides is 3. The van der Waals surface area contributed by atoms with Crippen LogP contribution >= 0.6 is 0 Å². The number of nitrogens with one attached hydrogen (secondary N) is 1. The smallest absolute Gasteiger partial charge is 0.410 e. The maximum atomic E-state index is 15.0. The highest BCUT2D eigenvalue weighted by atomic mass is 28.3. The van der Waals surface area contributed by atoms with Crippen LogP contribution in [0.15, 0.2) is 30.3 Å². The molecule has 1 saturated heterocycles. The molecule has 0 unspecified atom stereocenters. The van der Waals surface area contributed by atoms with Crippen LogP contribution in [0, 0.1) is 29.4 Å². The van der Waals surface area contributed by atoms with E-state index in [0.29, 0.717) is 42.3 Å². The molecule has 2 fully saturated rings. The summed E-state index contributed by atoms with van der Waals surface area (Å²) in [6.45, 7) is 7.69. The van der Waals surface area contributed by atoms with Crippen molar-refractivity contribution < 1.29 is 33.0 Å². The highest BCUT2D eigenvalue weighted by Gasteiger charge is 2.59. The van der Waals surface area contributed by atoms with E-state index in [1.165, 1.54) is 23.1 Å². The number of fused-ring (bicyclic) bond motifs is 3. The number of halogens is 2. The fraction of sp³-hybridized carbons (Fsp3) is 0.438. The lowest BCUT2D eigenvalue weighted by Crippen LogP contribution is -2.49. The summed E-state index contributed by atoms with van der Waals surface area (Å²) in [5.74, 6) is 3.98. The van der Waals surface area contributed by atoms with Crippen LogP contribution < -0.4 is 5.32 Å². The van der Waals surface area contributed by atoms with Gasteiger partial charge < -0.3 is 24.2 Å². The Kier molecular flexibility index (Phi) is 7.90. The largest absolute Gasteiger partial charge is 0.465 e. The monoisotopic (exact) mass is 635 g/mol. The molecule has 4 heterocycles. The summed E-state index contributed by atoms with van der Waals surface area (Å²) < 4.78 is 37.1. The maximum Gasteiger partial charge on any atom is 0.410 e. The number of aromatic nitrogens is 2. The zero-order valence-electron chi connectivity index (χ0n) is 25.5. The van der Waals surface area contributed by atoms with E-state index in [9.17, 15) is 23.2 Å². The zero-order chi connectivity index (χ0) is 32.1. The summed E-state index contributed by atoms with van der Waals surface area (Å²) in [7, 11) is -1.41. The highest BCUT2D eigenvalue weighted by molar-refractivity contribution is 6.76. The van der Waals surface area contributed by atoms with E-state index >= 15 is 0 Å². The molecule has 2 aliphatic heterocycles. The van der Waals surface area contributed by atoms with Gasteiger partial charge in [0, 0.05) is 56.5 Å². The standard InChI is InChI=1S/C32H35F2N5O5Si/c1-45(2,3)14-13-44-19-38-22(16-26-27(38)17-25(34)28(35-26)36-31(42)43)18-39-29(40)23-15-21(33)8-9-24(23)32(39)10-12-37(30(32)41)11-4-5-20-6-7-20/h8-9,15-17,20H,6-7,10-14,18-19H2,1-3H3,(H,35,36)(H,42,43)/t32-/m0/s1. The number of carbonyl (C=O) groups is 3. The van der Waals surface area contributed by atoms with Crippen molar-refractivity contribution in [3.8, 4) is 11.8 Å². The fourth-order valence-electron chi connectivity index (χ4n) is 6.03. The SMILES string of the molecule is C[Si](C)(C)CCOCn1c(CN2C(=O)c3cc(F)ccc3[C@]23CCN(CC#CC2CC2)C3=O)cc2nc(NC(=O)O)c(F)cc21. The number of hydrogen-bond donors (Lipinski definition) is 2. The zero-order valence-corrected chi connectivity index (χ0v) is 26.5. The molecule has 2 aromatic heterocycles. The van der Waals surface area contributed by atoms with Crippen LogP contribution in [0.1, 0.15) is 40.9 Å². The van der Waals surface area contributed by atoms with E-state index in [1.54, 1.807) is 15.5 Å². The molecule has 6 rings (SSSR count). The van der Waals surface area contributed by atoms with Gasteiger partial charge in [-0.2, -0.15) is 0 Å². The van der Waals surface area contributed by atoms with Crippen molar-refractivity contribution >= 4 is 42.8 Å². The summed E-state index contributed by atoms with van der Waals surface area (Å²) in [5, 5.41) is 11.1. The minimum atomic E-state index is -1.46. The van der Waals surface area contributed by atoms with Crippen LogP contribution in [0.5, 0.6) is 0 Å². The van der Waals surface area contributed by atoms with Gasteiger partial charge in [0.2, 0.25) is 0 Å². The van der Waals surface area contributed by atoms with Crippen molar-refractivity contribution in [2.75, 3.05) is 25.0 Å². The van der Waals surface area contributed by atoms with Crippen molar-refractivity contribution in [1.82, 2.24) is 19.4 Å². The maximum absolute atomic E-state index is 15.0. The van der Waals surface area contributed by atoms with Crippen LogP contribution in [0.25, 0.3) is 11.0 Å². The normalized spacial score (nSPS) is 19.4. The molecule has 1 spiro atoms.